The van der Waals surface area contributed by atoms with Gasteiger partial charge in [0.2, 0.25) is 0 Å². The van der Waals surface area contributed by atoms with Gasteiger partial charge in [0.1, 0.15) is 5.82 Å². The third-order valence-corrected chi connectivity index (χ3v) is 5.48. The Hall–Kier alpha value is -3.04. The van der Waals surface area contributed by atoms with Crippen LogP contribution in [0.5, 0.6) is 0 Å². The Balaban J connectivity index is 1.31. The summed E-state index contributed by atoms with van der Waals surface area (Å²) in [6.45, 7) is 2.65. The van der Waals surface area contributed by atoms with E-state index in [2.05, 4.69) is 35.2 Å². The van der Waals surface area contributed by atoms with Gasteiger partial charge >= 0.3 is 0 Å². The van der Waals surface area contributed by atoms with Crippen LogP contribution in [0.3, 0.4) is 0 Å². The van der Waals surface area contributed by atoms with Crippen molar-refractivity contribution >= 4 is 11.4 Å². The Morgan fingerprint density at radius 1 is 0.828 bits per heavy atom. The zero-order chi connectivity index (χ0) is 20.1. The second-order valence-corrected chi connectivity index (χ2v) is 7.40. The molecule has 0 bridgehead atoms. The first-order chi connectivity index (χ1) is 14.2. The Morgan fingerprint density at radius 3 is 2.10 bits per heavy atom. The third-order valence-electron chi connectivity index (χ3n) is 5.48. The first kappa shape index (κ1) is 19.3. The molecular weight excluding hydrogens is 361 g/mol. The van der Waals surface area contributed by atoms with Gasteiger partial charge in [0.05, 0.1) is 0 Å². The lowest BCUT2D eigenvalue weighted by Gasteiger charge is -2.26. The van der Waals surface area contributed by atoms with Gasteiger partial charge in [0.15, 0.2) is 5.78 Å². The van der Waals surface area contributed by atoms with Crippen LogP contribution in [0.2, 0.25) is 0 Å². The van der Waals surface area contributed by atoms with E-state index in [1.54, 1.807) is 12.1 Å². The molecule has 4 rings (SSSR count). The first-order valence-electron chi connectivity index (χ1n) is 10.0. The minimum atomic E-state index is -0.246. The van der Waals surface area contributed by atoms with Gasteiger partial charge in [-0.15, -0.1) is 0 Å². The second-order valence-electron chi connectivity index (χ2n) is 7.40. The fraction of sp³-hybridized carbons (Fsp3) is 0.192. The molecule has 0 radical (unpaired) electrons. The van der Waals surface area contributed by atoms with Crippen LogP contribution in [0.25, 0.3) is 16.7 Å². The molecule has 29 heavy (non-hydrogen) atoms. The molecule has 3 aromatic rings. The van der Waals surface area contributed by atoms with Crippen molar-refractivity contribution in [1.29, 1.82) is 0 Å². The fourth-order valence-corrected chi connectivity index (χ4v) is 3.72. The topological polar surface area (TPSA) is 20.3 Å². The molecule has 0 spiro atoms. The largest absolute Gasteiger partial charge is 0.299 e. The summed E-state index contributed by atoms with van der Waals surface area (Å²) in [5, 5.41) is 0. The van der Waals surface area contributed by atoms with Crippen LogP contribution in [-0.2, 0) is 0 Å². The second kappa shape index (κ2) is 8.97. The summed E-state index contributed by atoms with van der Waals surface area (Å²) in [7, 11) is 0. The smallest absolute Gasteiger partial charge is 0.164 e. The summed E-state index contributed by atoms with van der Waals surface area (Å²) < 4.78 is 13.1. The monoisotopic (exact) mass is 385 g/mol. The zero-order valence-electron chi connectivity index (χ0n) is 16.4. The lowest BCUT2D eigenvalue weighted by molar-refractivity contribution is 0.0966. The molecule has 0 fully saturated rings. The minimum absolute atomic E-state index is 0.161. The zero-order valence-corrected chi connectivity index (χ0v) is 16.4. The molecule has 0 aromatic heterocycles. The van der Waals surface area contributed by atoms with E-state index in [-0.39, 0.29) is 11.6 Å². The number of benzene rings is 3. The molecule has 0 saturated heterocycles. The Kier molecular flexibility index (Phi) is 5.97. The van der Waals surface area contributed by atoms with Crippen molar-refractivity contribution < 1.29 is 9.18 Å². The minimum Gasteiger partial charge on any atom is -0.299 e. The highest BCUT2D eigenvalue weighted by Crippen LogP contribution is 2.23. The number of halogens is 1. The number of nitrogens with zero attached hydrogens (tertiary/aromatic N) is 1. The van der Waals surface area contributed by atoms with Crippen LogP contribution in [-0.4, -0.2) is 30.3 Å². The van der Waals surface area contributed by atoms with Crippen molar-refractivity contribution in [1.82, 2.24) is 4.90 Å². The Morgan fingerprint density at radius 2 is 1.48 bits per heavy atom. The maximum Gasteiger partial charge on any atom is 0.164 e. The molecular formula is C26H24FNO. The highest BCUT2D eigenvalue weighted by molar-refractivity contribution is 5.96. The molecule has 0 atom stereocenters. The average molecular weight is 385 g/mol. The molecule has 0 saturated carbocycles. The average Bonchev–Trinajstić information content (AvgIpc) is 2.79. The van der Waals surface area contributed by atoms with Crippen LogP contribution >= 0.6 is 0 Å². The summed E-state index contributed by atoms with van der Waals surface area (Å²) >= 11 is 0. The van der Waals surface area contributed by atoms with E-state index in [1.807, 2.05) is 30.3 Å². The van der Waals surface area contributed by atoms with Crippen molar-refractivity contribution in [3.63, 3.8) is 0 Å². The van der Waals surface area contributed by atoms with E-state index in [0.29, 0.717) is 6.42 Å². The molecule has 146 valence electrons. The first-order valence-corrected chi connectivity index (χ1v) is 10.0. The third kappa shape index (κ3) is 4.87. The van der Waals surface area contributed by atoms with Crippen LogP contribution in [0.4, 0.5) is 4.39 Å². The van der Waals surface area contributed by atoms with Crippen LogP contribution in [0.15, 0.2) is 84.9 Å². The molecule has 0 amide bonds. The SMILES string of the molecule is O=C(CCN1CC=C(c2ccccc2)CC1)c1ccc(-c2ccc(F)cc2)cc1. The van der Waals surface area contributed by atoms with Crippen molar-refractivity contribution in [3.8, 4) is 11.1 Å². The molecule has 0 unspecified atom stereocenters. The number of ketones is 1. The maximum atomic E-state index is 13.1. The molecule has 1 heterocycles. The summed E-state index contributed by atoms with van der Waals surface area (Å²) in [4.78, 5) is 14.9. The molecule has 3 aromatic carbocycles. The van der Waals surface area contributed by atoms with Crippen LogP contribution in [0, 0.1) is 5.82 Å². The van der Waals surface area contributed by atoms with Gasteiger partial charge in [-0.3, -0.25) is 9.69 Å². The highest BCUT2D eigenvalue weighted by Gasteiger charge is 2.14. The van der Waals surface area contributed by atoms with Crippen molar-refractivity contribution in [3.05, 3.63) is 102 Å². The number of carbonyl (C=O) groups excluding carboxylic acids is 1. The summed E-state index contributed by atoms with van der Waals surface area (Å²) in [6, 6.07) is 24.5. The molecule has 2 nitrogen and oxygen atoms in total. The van der Waals surface area contributed by atoms with Gasteiger partial charge in [-0.2, -0.15) is 0 Å². The van der Waals surface area contributed by atoms with Gasteiger partial charge in [-0.05, 0) is 40.8 Å². The van der Waals surface area contributed by atoms with Crippen LogP contribution in [0.1, 0.15) is 28.8 Å². The lowest BCUT2D eigenvalue weighted by atomic mass is 9.99. The van der Waals surface area contributed by atoms with E-state index in [9.17, 15) is 9.18 Å². The van der Waals surface area contributed by atoms with E-state index in [4.69, 9.17) is 0 Å². The van der Waals surface area contributed by atoms with Gasteiger partial charge in [-0.25, -0.2) is 4.39 Å². The highest BCUT2D eigenvalue weighted by atomic mass is 19.1. The number of rotatable bonds is 6. The normalized spacial score (nSPS) is 14.4. The van der Waals surface area contributed by atoms with Gasteiger partial charge in [0, 0.05) is 31.6 Å². The number of carbonyl (C=O) groups is 1. The molecule has 0 aliphatic carbocycles. The van der Waals surface area contributed by atoms with E-state index >= 15 is 0 Å². The lowest BCUT2D eigenvalue weighted by Crippen LogP contribution is -2.30. The Bertz CT molecular complexity index is 991. The fourth-order valence-electron chi connectivity index (χ4n) is 3.72. The number of hydrogen-bond donors (Lipinski definition) is 0. The predicted molar refractivity (Wildman–Crippen MR) is 116 cm³/mol. The maximum absolute atomic E-state index is 13.1. The van der Waals surface area contributed by atoms with Crippen LogP contribution < -0.4 is 0 Å². The molecule has 0 N–H and O–H groups in total. The standard InChI is InChI=1S/C26H24FNO/c27-25-12-10-22(11-13-25)21-6-8-24(9-7-21)26(29)16-19-28-17-14-23(15-18-28)20-4-2-1-3-5-20/h1-14H,15-19H2. The number of Topliss-reactive ketones (excluding diaryl/α,β-unsaturated/α-hetero) is 1. The van der Waals surface area contributed by atoms with E-state index in [0.717, 1.165) is 42.7 Å². The van der Waals surface area contributed by atoms with Gasteiger partial charge in [-0.1, -0.05) is 72.8 Å². The van der Waals surface area contributed by atoms with E-state index in [1.165, 1.54) is 23.3 Å². The summed E-state index contributed by atoms with van der Waals surface area (Å²) in [5.41, 5.74) is 5.35. The summed E-state index contributed by atoms with van der Waals surface area (Å²) in [6.07, 6.45) is 3.82. The molecule has 3 heteroatoms. The molecule has 1 aliphatic rings. The van der Waals surface area contributed by atoms with Crippen molar-refractivity contribution in [2.75, 3.05) is 19.6 Å². The summed E-state index contributed by atoms with van der Waals surface area (Å²) in [5.74, 6) is -0.0857. The van der Waals surface area contributed by atoms with E-state index < -0.39 is 0 Å². The van der Waals surface area contributed by atoms with Crippen molar-refractivity contribution in [2.45, 2.75) is 12.8 Å². The van der Waals surface area contributed by atoms with Crippen molar-refractivity contribution in [2.24, 2.45) is 0 Å². The van der Waals surface area contributed by atoms with Gasteiger partial charge in [0.25, 0.3) is 0 Å². The number of hydrogen-bond acceptors (Lipinski definition) is 2. The Labute approximate surface area is 171 Å². The predicted octanol–water partition coefficient (Wildman–Crippen LogP) is 5.85. The molecule has 1 aliphatic heterocycles. The quantitative estimate of drug-likeness (QED) is 0.496. The van der Waals surface area contributed by atoms with Gasteiger partial charge < -0.3 is 0 Å².